The molecule has 3 aliphatic carbocycles. The Balaban J connectivity index is 1.06. The molecule has 0 bridgehead atoms. The van der Waals surface area contributed by atoms with Gasteiger partial charge in [0.15, 0.2) is 0 Å². The van der Waals surface area contributed by atoms with Gasteiger partial charge in [-0.15, -0.1) is 0 Å². The minimum Gasteiger partial charge on any atom is -0.427 e. The summed E-state index contributed by atoms with van der Waals surface area (Å²) in [5.41, 5.74) is 6.32. The summed E-state index contributed by atoms with van der Waals surface area (Å²) >= 11 is 0. The molecule has 3 saturated carbocycles. The van der Waals surface area contributed by atoms with Gasteiger partial charge < -0.3 is 25.0 Å². The van der Waals surface area contributed by atoms with Crippen LogP contribution in [0.3, 0.4) is 0 Å². The number of carbonyl (C=O) groups is 1. The van der Waals surface area contributed by atoms with Crippen molar-refractivity contribution in [2.24, 2.45) is 46.7 Å². The van der Waals surface area contributed by atoms with E-state index < -0.39 is 7.12 Å². The second-order valence-corrected chi connectivity index (χ2v) is 12.8. The molecule has 0 aromatic heterocycles. The highest BCUT2D eigenvalue weighted by molar-refractivity contribution is 6.45. The summed E-state index contributed by atoms with van der Waals surface area (Å²) in [5.74, 6) is 4.01. The second kappa shape index (κ2) is 9.68. The summed E-state index contributed by atoms with van der Waals surface area (Å²) in [4.78, 5) is 15.9. The van der Waals surface area contributed by atoms with E-state index in [9.17, 15) is 9.82 Å². The molecule has 1 amide bonds. The zero-order valence-corrected chi connectivity index (χ0v) is 20.9. The first-order valence-corrected chi connectivity index (χ1v) is 14.5. The molecule has 8 atom stereocenters. The lowest BCUT2D eigenvalue weighted by atomic mass is 9.55. The van der Waals surface area contributed by atoms with Crippen LogP contribution in [0, 0.1) is 40.9 Å². The van der Waals surface area contributed by atoms with E-state index >= 15 is 0 Å². The predicted molar refractivity (Wildman–Crippen MR) is 132 cm³/mol. The molecule has 3 heterocycles. The van der Waals surface area contributed by atoms with Gasteiger partial charge >= 0.3 is 7.12 Å². The lowest BCUT2D eigenvalue weighted by Gasteiger charge is -2.46. The fraction of sp³-hybridized carbons (Fsp3) is 0.963. The van der Waals surface area contributed by atoms with Gasteiger partial charge in [-0.2, -0.15) is 0 Å². The monoisotopic (exact) mass is 472 g/mol. The van der Waals surface area contributed by atoms with Gasteiger partial charge in [0.2, 0.25) is 5.91 Å². The molecule has 1 spiro atoms. The number of hydrogen-bond acceptors (Lipinski definition) is 5. The quantitative estimate of drug-likeness (QED) is 0.615. The molecule has 8 unspecified atom stereocenters. The van der Waals surface area contributed by atoms with E-state index in [2.05, 4.69) is 4.90 Å². The highest BCUT2D eigenvalue weighted by atomic mass is 16.5. The summed E-state index contributed by atoms with van der Waals surface area (Å²) in [6.07, 6.45) is 14.3. The third kappa shape index (κ3) is 4.16. The topological polar surface area (TPSA) is 85.0 Å². The Morgan fingerprint density at radius 1 is 1.03 bits per heavy atom. The highest BCUT2D eigenvalue weighted by Gasteiger charge is 2.53. The molecular formula is C27H45BN2O4. The van der Waals surface area contributed by atoms with E-state index in [4.69, 9.17) is 15.1 Å². The molecule has 34 heavy (non-hydrogen) atoms. The van der Waals surface area contributed by atoms with Crippen LogP contribution in [0.25, 0.3) is 0 Å². The van der Waals surface area contributed by atoms with Crippen molar-refractivity contribution in [3.8, 4) is 0 Å². The smallest absolute Gasteiger partial charge is 0.427 e. The van der Waals surface area contributed by atoms with Crippen molar-refractivity contribution in [1.29, 1.82) is 0 Å². The zero-order chi connectivity index (χ0) is 23.3. The lowest BCUT2D eigenvalue weighted by Crippen LogP contribution is -2.50. The third-order valence-electron chi connectivity index (χ3n) is 11.3. The van der Waals surface area contributed by atoms with Crippen LogP contribution in [0.4, 0.5) is 0 Å². The molecule has 0 aromatic carbocycles. The van der Waals surface area contributed by atoms with Crippen molar-refractivity contribution < 1.29 is 19.2 Å². The number of piperidine rings is 1. The van der Waals surface area contributed by atoms with Gasteiger partial charge in [-0.1, -0.05) is 25.7 Å². The number of amides is 1. The van der Waals surface area contributed by atoms with Gasteiger partial charge in [-0.25, -0.2) is 0 Å². The van der Waals surface area contributed by atoms with Crippen LogP contribution < -0.4 is 5.73 Å². The zero-order valence-electron chi connectivity index (χ0n) is 20.9. The first-order chi connectivity index (χ1) is 16.6. The number of likely N-dealkylation sites (tertiary alicyclic amines) is 1. The van der Waals surface area contributed by atoms with Crippen LogP contribution in [0.5, 0.6) is 0 Å². The largest absolute Gasteiger partial charge is 0.457 e. The predicted octanol–water partition coefficient (Wildman–Crippen LogP) is 3.47. The van der Waals surface area contributed by atoms with Crippen LogP contribution in [-0.4, -0.2) is 61.9 Å². The van der Waals surface area contributed by atoms with E-state index in [0.717, 1.165) is 65.0 Å². The van der Waals surface area contributed by atoms with Gasteiger partial charge in [0.1, 0.15) is 0 Å². The van der Waals surface area contributed by atoms with Crippen LogP contribution >= 0.6 is 0 Å². The summed E-state index contributed by atoms with van der Waals surface area (Å²) in [7, 11) is -0.557. The molecular weight excluding hydrogens is 427 g/mol. The molecule has 6 rings (SSSR count). The maximum Gasteiger partial charge on any atom is 0.457 e. The van der Waals surface area contributed by atoms with E-state index in [1.54, 1.807) is 0 Å². The molecule has 190 valence electrons. The lowest BCUT2D eigenvalue weighted by molar-refractivity contribution is -0.140. The Morgan fingerprint density at radius 3 is 2.68 bits per heavy atom. The van der Waals surface area contributed by atoms with E-state index in [-0.39, 0.29) is 11.3 Å². The molecule has 6 fully saturated rings. The van der Waals surface area contributed by atoms with Crippen molar-refractivity contribution in [2.75, 3.05) is 32.8 Å². The van der Waals surface area contributed by atoms with Crippen molar-refractivity contribution >= 4 is 13.0 Å². The molecule has 3 saturated heterocycles. The molecule has 6 aliphatic rings. The fourth-order valence-electron chi connectivity index (χ4n) is 9.31. The minimum absolute atomic E-state index is 0.198. The number of hydrogen-bond donors (Lipinski definition) is 2. The Bertz CT molecular complexity index is 744. The summed E-state index contributed by atoms with van der Waals surface area (Å²) in [6.45, 7) is 4.24. The Kier molecular flexibility index (Phi) is 6.76. The Hall–Kier alpha value is -0.625. The molecule has 7 heteroatoms. The molecule has 6 nitrogen and oxygen atoms in total. The highest BCUT2D eigenvalue weighted by Crippen LogP contribution is 2.54. The first kappa shape index (κ1) is 23.8. The summed E-state index contributed by atoms with van der Waals surface area (Å²) in [5, 5.41) is 10.2. The molecule has 3 aliphatic heterocycles. The maximum absolute atomic E-state index is 13.7. The van der Waals surface area contributed by atoms with Crippen molar-refractivity contribution in [3.63, 3.8) is 0 Å². The van der Waals surface area contributed by atoms with Crippen LogP contribution in [0.15, 0.2) is 0 Å². The average Bonchev–Trinajstić information content (AvgIpc) is 3.44. The first-order valence-electron chi connectivity index (χ1n) is 14.5. The maximum atomic E-state index is 13.7. The molecule has 0 aromatic rings. The van der Waals surface area contributed by atoms with Gasteiger partial charge in [0.25, 0.3) is 0 Å². The number of nitrogens with two attached hydrogens (primary N) is 1. The van der Waals surface area contributed by atoms with Gasteiger partial charge in [0, 0.05) is 31.0 Å². The molecule has 0 radical (unpaired) electrons. The Labute approximate surface area is 205 Å². The second-order valence-electron chi connectivity index (χ2n) is 12.8. The SMILES string of the molecule is NCC1CCC2OCC3(CCN(C(=O)C4CCCC(C5CCCC6B(O)OCC65)C4)CC3)C2C1. The average molecular weight is 472 g/mol. The Morgan fingerprint density at radius 2 is 1.85 bits per heavy atom. The van der Waals surface area contributed by atoms with Crippen molar-refractivity contribution in [3.05, 3.63) is 0 Å². The fourth-order valence-corrected chi connectivity index (χ4v) is 9.31. The number of fused-ring (bicyclic) bond motifs is 3. The molecule has 3 N–H and O–H groups in total. The van der Waals surface area contributed by atoms with Crippen LogP contribution in [0.2, 0.25) is 5.82 Å². The van der Waals surface area contributed by atoms with Gasteiger partial charge in [0.05, 0.1) is 12.7 Å². The number of ether oxygens (including phenoxy) is 1. The third-order valence-corrected chi connectivity index (χ3v) is 11.3. The van der Waals surface area contributed by atoms with E-state index in [1.807, 2.05) is 0 Å². The summed E-state index contributed by atoms with van der Waals surface area (Å²) < 4.78 is 12.0. The standard InChI is InChI=1S/C27H45BN2O4/c29-15-18-7-8-25-23(13-18)27(17-33-25)9-11-30(12-10-27)26(31)20-4-1-3-19(14-20)21-5-2-6-24-22(21)16-34-28(24)32/h18-25,32H,1-17,29H2. The summed E-state index contributed by atoms with van der Waals surface area (Å²) in [6, 6.07) is 0. The van der Waals surface area contributed by atoms with E-state index in [0.29, 0.717) is 47.4 Å². The van der Waals surface area contributed by atoms with Gasteiger partial charge in [-0.05, 0) is 93.3 Å². The van der Waals surface area contributed by atoms with Crippen molar-refractivity contribution in [2.45, 2.75) is 89.0 Å². The van der Waals surface area contributed by atoms with Crippen molar-refractivity contribution in [1.82, 2.24) is 4.90 Å². The van der Waals surface area contributed by atoms with Gasteiger partial charge in [-0.3, -0.25) is 4.79 Å². The normalized spacial score (nSPS) is 44.2. The number of rotatable bonds is 3. The number of carbonyl (C=O) groups excluding carboxylic acids is 1. The minimum atomic E-state index is -0.557. The van der Waals surface area contributed by atoms with Crippen LogP contribution in [-0.2, 0) is 14.2 Å². The van der Waals surface area contributed by atoms with Crippen LogP contribution in [0.1, 0.15) is 77.0 Å². The number of nitrogens with zero attached hydrogens (tertiary/aromatic N) is 1. The van der Waals surface area contributed by atoms with E-state index in [1.165, 1.54) is 44.9 Å².